The number of thiophene rings is 1. The van der Waals surface area contributed by atoms with E-state index in [0.717, 1.165) is 16.2 Å². The van der Waals surface area contributed by atoms with E-state index in [0.29, 0.717) is 4.83 Å². The molecule has 0 bridgehead atoms. The number of hydrogen-bond donors (Lipinski definition) is 0. The molecule has 1 saturated carbocycles. The van der Waals surface area contributed by atoms with Crippen LogP contribution in [0, 0.1) is 11.8 Å². The Labute approximate surface area is 116 Å². The number of hydrogen-bond acceptors (Lipinski definition) is 1. The van der Waals surface area contributed by atoms with Crippen LogP contribution in [0.15, 0.2) is 12.1 Å². The van der Waals surface area contributed by atoms with E-state index in [-0.39, 0.29) is 0 Å². The molecule has 1 fully saturated rings. The first-order chi connectivity index (χ1) is 7.69. The molecule has 0 aromatic carbocycles. The maximum atomic E-state index is 5.98. The lowest BCUT2D eigenvalue weighted by Gasteiger charge is -2.32. The van der Waals surface area contributed by atoms with E-state index in [2.05, 4.69) is 28.9 Å². The number of alkyl halides is 1. The summed E-state index contributed by atoms with van der Waals surface area (Å²) in [5.74, 6) is 1.74. The van der Waals surface area contributed by atoms with Crippen molar-refractivity contribution in [2.75, 3.05) is 0 Å². The Morgan fingerprint density at radius 2 is 2.25 bits per heavy atom. The SMILES string of the molecule is CCC1CCC(Br)C(Cc2ccc(Cl)s2)C1. The minimum absolute atomic E-state index is 0.705. The molecule has 0 nitrogen and oxygen atoms in total. The highest BCUT2D eigenvalue weighted by Gasteiger charge is 2.28. The highest BCUT2D eigenvalue weighted by atomic mass is 79.9. The molecule has 0 spiro atoms. The average Bonchev–Trinajstić information content (AvgIpc) is 2.67. The van der Waals surface area contributed by atoms with Crippen LogP contribution in [0.25, 0.3) is 0 Å². The fraction of sp³-hybridized carbons (Fsp3) is 0.692. The minimum atomic E-state index is 0.705. The Balaban J connectivity index is 1.96. The molecule has 0 amide bonds. The number of rotatable bonds is 3. The van der Waals surface area contributed by atoms with Gasteiger partial charge in [0.25, 0.3) is 0 Å². The molecule has 1 aromatic rings. The minimum Gasteiger partial charge on any atom is -0.128 e. The second kappa shape index (κ2) is 5.88. The van der Waals surface area contributed by atoms with Crippen LogP contribution in [-0.4, -0.2) is 4.83 Å². The zero-order valence-corrected chi connectivity index (χ0v) is 12.7. The van der Waals surface area contributed by atoms with E-state index >= 15 is 0 Å². The molecule has 1 aliphatic carbocycles. The fourth-order valence-corrected chi connectivity index (χ4v) is 4.47. The molecule has 3 atom stereocenters. The summed E-state index contributed by atoms with van der Waals surface area (Å²) in [4.78, 5) is 2.15. The molecule has 1 aliphatic rings. The predicted octanol–water partition coefficient (Wildman–Crippen LogP) is 5.53. The largest absolute Gasteiger partial charge is 0.128 e. The third-order valence-corrected chi connectivity index (χ3v) is 6.13. The van der Waals surface area contributed by atoms with E-state index in [1.54, 1.807) is 11.3 Å². The van der Waals surface area contributed by atoms with Crippen molar-refractivity contribution in [3.63, 3.8) is 0 Å². The second-order valence-electron chi connectivity index (χ2n) is 4.77. The van der Waals surface area contributed by atoms with Crippen LogP contribution in [0.3, 0.4) is 0 Å². The summed E-state index contributed by atoms with van der Waals surface area (Å²) in [7, 11) is 0. The number of halogens is 2. The van der Waals surface area contributed by atoms with Gasteiger partial charge in [-0.2, -0.15) is 0 Å². The normalized spacial score (nSPS) is 30.6. The molecule has 0 N–H and O–H groups in total. The first kappa shape index (κ1) is 12.9. The summed E-state index contributed by atoms with van der Waals surface area (Å²) in [6, 6.07) is 4.20. The Morgan fingerprint density at radius 1 is 1.44 bits per heavy atom. The summed E-state index contributed by atoms with van der Waals surface area (Å²) < 4.78 is 0.920. The maximum Gasteiger partial charge on any atom is 0.0931 e. The van der Waals surface area contributed by atoms with Crippen LogP contribution in [0.5, 0.6) is 0 Å². The summed E-state index contributed by atoms with van der Waals surface area (Å²) in [6.07, 6.45) is 6.64. The van der Waals surface area contributed by atoms with Gasteiger partial charge in [-0.3, -0.25) is 0 Å². The van der Waals surface area contributed by atoms with Crippen molar-refractivity contribution >= 4 is 38.9 Å². The van der Waals surface area contributed by atoms with E-state index in [4.69, 9.17) is 11.6 Å². The Hall–Kier alpha value is 0.470. The molecular formula is C13H18BrClS. The van der Waals surface area contributed by atoms with Crippen molar-refractivity contribution in [1.82, 2.24) is 0 Å². The molecule has 0 saturated heterocycles. The van der Waals surface area contributed by atoms with Crippen molar-refractivity contribution in [1.29, 1.82) is 0 Å². The van der Waals surface area contributed by atoms with Crippen molar-refractivity contribution in [2.24, 2.45) is 11.8 Å². The summed E-state index contributed by atoms with van der Waals surface area (Å²) in [6.45, 7) is 2.32. The quantitative estimate of drug-likeness (QED) is 0.642. The fourth-order valence-electron chi connectivity index (χ4n) is 2.63. The molecule has 16 heavy (non-hydrogen) atoms. The lowest BCUT2D eigenvalue weighted by molar-refractivity contribution is 0.272. The molecule has 90 valence electrons. The van der Waals surface area contributed by atoms with Gasteiger partial charge >= 0.3 is 0 Å². The molecule has 1 aromatic heterocycles. The van der Waals surface area contributed by atoms with Crippen molar-refractivity contribution in [3.8, 4) is 0 Å². The summed E-state index contributed by atoms with van der Waals surface area (Å²) in [5.41, 5.74) is 0. The van der Waals surface area contributed by atoms with Crippen molar-refractivity contribution in [3.05, 3.63) is 21.3 Å². The lowest BCUT2D eigenvalue weighted by atomic mass is 9.78. The van der Waals surface area contributed by atoms with Gasteiger partial charge in [0.1, 0.15) is 0 Å². The Kier molecular flexibility index (Phi) is 4.75. The first-order valence-corrected chi connectivity index (χ1v) is 8.18. The standard InChI is InChI=1S/C13H18BrClS/c1-2-9-3-5-12(14)10(7-9)8-11-4-6-13(15)16-11/h4,6,9-10,12H,2-3,5,7-8H2,1H3. The predicted molar refractivity (Wildman–Crippen MR) is 76.9 cm³/mol. The third-order valence-electron chi connectivity index (χ3n) is 3.67. The summed E-state index contributed by atoms with van der Waals surface area (Å²) in [5, 5.41) is 0. The van der Waals surface area contributed by atoms with Crippen LogP contribution in [-0.2, 0) is 6.42 Å². The molecule has 1 heterocycles. The average molecular weight is 322 g/mol. The van der Waals surface area contributed by atoms with Gasteiger partial charge < -0.3 is 0 Å². The third kappa shape index (κ3) is 3.24. The zero-order chi connectivity index (χ0) is 11.5. The van der Waals surface area contributed by atoms with Crippen molar-refractivity contribution in [2.45, 2.75) is 43.9 Å². The van der Waals surface area contributed by atoms with E-state index in [1.807, 2.05) is 6.07 Å². The van der Waals surface area contributed by atoms with E-state index < -0.39 is 0 Å². The molecule has 3 unspecified atom stereocenters. The molecule has 3 heteroatoms. The zero-order valence-electron chi connectivity index (χ0n) is 9.59. The van der Waals surface area contributed by atoms with Crippen molar-refractivity contribution < 1.29 is 0 Å². The first-order valence-electron chi connectivity index (χ1n) is 6.07. The topological polar surface area (TPSA) is 0 Å². The van der Waals surface area contributed by atoms with E-state index in [9.17, 15) is 0 Å². The van der Waals surface area contributed by atoms with Crippen LogP contribution in [0.1, 0.15) is 37.5 Å². The maximum absolute atomic E-state index is 5.98. The monoisotopic (exact) mass is 320 g/mol. The van der Waals surface area contributed by atoms with Gasteiger partial charge in [-0.05, 0) is 49.7 Å². The Morgan fingerprint density at radius 3 is 2.88 bits per heavy atom. The van der Waals surface area contributed by atoms with Gasteiger partial charge in [-0.1, -0.05) is 40.9 Å². The van der Waals surface area contributed by atoms with Crippen LogP contribution >= 0.6 is 38.9 Å². The van der Waals surface area contributed by atoms with Gasteiger partial charge in [0.15, 0.2) is 0 Å². The molecule has 0 radical (unpaired) electrons. The highest BCUT2D eigenvalue weighted by molar-refractivity contribution is 9.09. The van der Waals surface area contributed by atoms with Gasteiger partial charge in [-0.15, -0.1) is 11.3 Å². The van der Waals surface area contributed by atoms with Crippen LogP contribution in [0.4, 0.5) is 0 Å². The molecular weight excluding hydrogens is 304 g/mol. The Bertz CT molecular complexity index is 336. The second-order valence-corrected chi connectivity index (χ2v) is 7.75. The van der Waals surface area contributed by atoms with Gasteiger partial charge in [0, 0.05) is 9.70 Å². The summed E-state index contributed by atoms with van der Waals surface area (Å²) >= 11 is 11.6. The van der Waals surface area contributed by atoms with Gasteiger partial charge in [0.2, 0.25) is 0 Å². The smallest absolute Gasteiger partial charge is 0.0931 e. The molecule has 2 rings (SSSR count). The lowest BCUT2D eigenvalue weighted by Crippen LogP contribution is -2.26. The van der Waals surface area contributed by atoms with Gasteiger partial charge in [-0.25, -0.2) is 0 Å². The van der Waals surface area contributed by atoms with E-state index in [1.165, 1.54) is 37.0 Å². The highest BCUT2D eigenvalue weighted by Crippen LogP contribution is 2.38. The van der Waals surface area contributed by atoms with Crippen LogP contribution in [0.2, 0.25) is 4.34 Å². The molecule has 0 aliphatic heterocycles. The van der Waals surface area contributed by atoms with Crippen LogP contribution < -0.4 is 0 Å². The van der Waals surface area contributed by atoms with Gasteiger partial charge in [0.05, 0.1) is 4.34 Å².